The maximum absolute atomic E-state index is 14.0. The van der Waals surface area contributed by atoms with Crippen molar-refractivity contribution in [2.24, 2.45) is 0 Å². The largest absolute Gasteiger partial charge is 0.494 e. The average Bonchev–Trinajstić information content (AvgIpc) is 3.67. The number of ketones is 1. The van der Waals surface area contributed by atoms with Crippen molar-refractivity contribution in [3.05, 3.63) is 136 Å². The van der Waals surface area contributed by atoms with Gasteiger partial charge in [-0.3, -0.25) is 4.79 Å². The van der Waals surface area contributed by atoms with E-state index in [1.54, 1.807) is 0 Å². The molecule has 7 heteroatoms. The lowest BCUT2D eigenvalue weighted by molar-refractivity contribution is 0.103. The van der Waals surface area contributed by atoms with Crippen LogP contribution in [0.3, 0.4) is 0 Å². The van der Waals surface area contributed by atoms with Crippen LogP contribution >= 0.6 is 15.9 Å². The van der Waals surface area contributed by atoms with Crippen molar-refractivity contribution >= 4 is 50.9 Å². The van der Waals surface area contributed by atoms with Gasteiger partial charge in [0.25, 0.3) is 0 Å². The lowest BCUT2D eigenvalue weighted by Gasteiger charge is -2.11. The van der Waals surface area contributed by atoms with Crippen molar-refractivity contribution in [2.75, 3.05) is 13.2 Å². The zero-order valence-corrected chi connectivity index (χ0v) is 25.5. The number of fused-ring (bicyclic) bond motifs is 3. The number of ether oxygens (including phenoxy) is 2. The molecule has 6 nitrogen and oxygen atoms in total. The Hall–Kier alpha value is -5.14. The highest BCUT2D eigenvalue weighted by molar-refractivity contribution is 9.10. The summed E-state index contributed by atoms with van der Waals surface area (Å²) < 4.78 is 20.7. The Morgan fingerprint density at radius 3 is 2.55 bits per heavy atom. The lowest BCUT2D eigenvalue weighted by Crippen LogP contribution is -2.03. The van der Waals surface area contributed by atoms with E-state index in [2.05, 4.69) is 15.9 Å². The van der Waals surface area contributed by atoms with Gasteiger partial charge in [-0.05, 0) is 104 Å². The normalized spacial score (nSPS) is 12.4. The Morgan fingerprint density at radius 1 is 0.977 bits per heavy atom. The molecule has 0 saturated heterocycles. The van der Waals surface area contributed by atoms with Crippen LogP contribution < -0.4 is 9.47 Å². The number of carbonyl (C=O) groups excluding carboxylic acids is 1. The molecule has 3 heterocycles. The second-order valence-corrected chi connectivity index (χ2v) is 11.2. The third-order valence-electron chi connectivity index (χ3n) is 7.45. The quantitative estimate of drug-likeness (QED) is 0.155. The number of furan rings is 1. The summed E-state index contributed by atoms with van der Waals surface area (Å²) in [7, 11) is 0. The van der Waals surface area contributed by atoms with Crippen LogP contribution in [0.2, 0.25) is 0 Å². The molecule has 0 amide bonds. The third kappa shape index (κ3) is 5.27. The molecule has 7 rings (SSSR count). The molecule has 6 aromatic rings. The zero-order chi connectivity index (χ0) is 30.0. The first-order valence-electron chi connectivity index (χ1n) is 14.3. The molecule has 0 saturated carbocycles. The minimum atomic E-state index is -0.122. The molecular weight excluding hydrogens is 616 g/mol. The summed E-state index contributed by atoms with van der Waals surface area (Å²) in [4.78, 5) is 14.0. The van der Waals surface area contributed by atoms with Gasteiger partial charge < -0.3 is 13.9 Å². The van der Waals surface area contributed by atoms with Gasteiger partial charge in [-0.15, -0.1) is 0 Å². The number of benzene rings is 4. The van der Waals surface area contributed by atoms with E-state index in [-0.39, 0.29) is 5.78 Å². The van der Waals surface area contributed by atoms with Crippen LogP contribution in [-0.2, 0) is 0 Å². The third-order valence-corrected chi connectivity index (χ3v) is 7.98. The van der Waals surface area contributed by atoms with Crippen LogP contribution in [0.1, 0.15) is 39.7 Å². The maximum Gasteiger partial charge on any atom is 0.197 e. The number of nitrogens with zero attached hydrogens (tertiary/aromatic N) is 2. The van der Waals surface area contributed by atoms with Crippen molar-refractivity contribution in [3.8, 4) is 28.4 Å². The minimum Gasteiger partial charge on any atom is -0.494 e. The lowest BCUT2D eigenvalue weighted by atomic mass is 9.98. The van der Waals surface area contributed by atoms with Crippen LogP contribution in [0.25, 0.3) is 46.1 Å². The summed E-state index contributed by atoms with van der Waals surface area (Å²) in [6, 6.07) is 29.0. The second kappa shape index (κ2) is 11.9. The van der Waals surface area contributed by atoms with E-state index in [1.165, 1.54) is 0 Å². The topological polar surface area (TPSA) is 66.5 Å². The summed E-state index contributed by atoms with van der Waals surface area (Å²) in [6.07, 6.45) is 9.72. The number of hydrogen-bond donors (Lipinski definition) is 0. The van der Waals surface area contributed by atoms with E-state index in [9.17, 15) is 4.79 Å². The number of hydrogen-bond acceptors (Lipinski definition) is 5. The molecule has 2 aromatic heterocycles. The molecule has 44 heavy (non-hydrogen) atoms. The molecule has 1 aliphatic heterocycles. The SMILES string of the molecule is CCOc1ccc(-c2nn(-c3ccccc3)cc2/C=C/c2oc3c4c(ccc3c2C(=O)c2ccc(Br)cc2)OCC=C4)cc1. The summed E-state index contributed by atoms with van der Waals surface area (Å²) in [6.45, 7) is 3.06. The van der Waals surface area contributed by atoms with Gasteiger partial charge in [0.1, 0.15) is 29.4 Å². The van der Waals surface area contributed by atoms with Gasteiger partial charge in [0, 0.05) is 32.7 Å². The highest BCUT2D eigenvalue weighted by atomic mass is 79.9. The Balaban J connectivity index is 1.37. The van der Waals surface area contributed by atoms with Gasteiger partial charge in [-0.1, -0.05) is 34.1 Å². The van der Waals surface area contributed by atoms with E-state index in [1.807, 2.05) is 133 Å². The summed E-state index contributed by atoms with van der Waals surface area (Å²) in [5.41, 5.74) is 6.04. The van der Waals surface area contributed by atoms with Gasteiger partial charge in [0.15, 0.2) is 5.78 Å². The van der Waals surface area contributed by atoms with Crippen molar-refractivity contribution in [1.29, 1.82) is 0 Å². The van der Waals surface area contributed by atoms with Crippen LogP contribution in [-0.4, -0.2) is 28.8 Å². The molecule has 0 aliphatic carbocycles. The van der Waals surface area contributed by atoms with E-state index < -0.39 is 0 Å². The summed E-state index contributed by atoms with van der Waals surface area (Å²) in [5, 5.41) is 5.68. The number of para-hydroxylation sites is 1. The van der Waals surface area contributed by atoms with E-state index in [0.29, 0.717) is 35.7 Å². The highest BCUT2D eigenvalue weighted by Crippen LogP contribution is 2.38. The number of carbonyl (C=O) groups is 1. The molecule has 0 N–H and O–H groups in total. The van der Waals surface area contributed by atoms with Gasteiger partial charge in [-0.25, -0.2) is 4.68 Å². The van der Waals surface area contributed by atoms with Crippen molar-refractivity contribution in [3.63, 3.8) is 0 Å². The van der Waals surface area contributed by atoms with Gasteiger partial charge in [0.2, 0.25) is 0 Å². The predicted octanol–water partition coefficient (Wildman–Crippen LogP) is 9.25. The smallest absolute Gasteiger partial charge is 0.197 e. The van der Waals surface area contributed by atoms with Crippen LogP contribution in [0.15, 0.2) is 112 Å². The molecule has 0 atom stereocenters. The molecule has 0 unspecified atom stereocenters. The molecule has 0 bridgehead atoms. The van der Waals surface area contributed by atoms with Crippen LogP contribution in [0.4, 0.5) is 0 Å². The molecule has 0 spiro atoms. The van der Waals surface area contributed by atoms with Crippen molar-refractivity contribution in [2.45, 2.75) is 6.92 Å². The fourth-order valence-electron chi connectivity index (χ4n) is 5.35. The monoisotopic (exact) mass is 642 g/mol. The Kier molecular flexibility index (Phi) is 7.46. The van der Waals surface area contributed by atoms with Crippen LogP contribution in [0.5, 0.6) is 11.5 Å². The first-order valence-corrected chi connectivity index (χ1v) is 15.1. The summed E-state index contributed by atoms with van der Waals surface area (Å²) >= 11 is 3.47. The maximum atomic E-state index is 14.0. The van der Waals surface area contributed by atoms with Gasteiger partial charge in [-0.2, -0.15) is 5.10 Å². The zero-order valence-electron chi connectivity index (χ0n) is 23.9. The minimum absolute atomic E-state index is 0.122. The predicted molar refractivity (Wildman–Crippen MR) is 177 cm³/mol. The van der Waals surface area contributed by atoms with Crippen molar-refractivity contribution < 1.29 is 18.7 Å². The molecular formula is C37H27BrN2O4. The Morgan fingerprint density at radius 2 is 1.77 bits per heavy atom. The highest BCUT2D eigenvalue weighted by Gasteiger charge is 2.24. The number of rotatable bonds is 8. The van der Waals surface area contributed by atoms with E-state index in [0.717, 1.165) is 49.4 Å². The van der Waals surface area contributed by atoms with Crippen molar-refractivity contribution in [1.82, 2.24) is 9.78 Å². The van der Waals surface area contributed by atoms with E-state index in [4.69, 9.17) is 19.0 Å². The summed E-state index contributed by atoms with van der Waals surface area (Å²) in [5.74, 6) is 1.87. The fourth-order valence-corrected chi connectivity index (χ4v) is 5.62. The Bertz CT molecular complexity index is 2040. The standard InChI is InChI=1S/C37H27BrN2O4/c1-2-42-29-17-12-24(13-18-29)35-26(23-40(39-35)28-7-4-3-5-8-28)14-20-33-34(36(41)25-10-15-27(38)16-11-25)31-19-21-32-30(37(31)44-33)9-6-22-43-32/h3-21,23H,2,22H2,1H3/b20-14+. The second-order valence-electron chi connectivity index (χ2n) is 10.2. The number of halogens is 1. The average molecular weight is 644 g/mol. The number of aromatic nitrogens is 2. The van der Waals surface area contributed by atoms with Gasteiger partial charge in [0.05, 0.1) is 29.1 Å². The van der Waals surface area contributed by atoms with Crippen LogP contribution in [0, 0.1) is 0 Å². The first kappa shape index (κ1) is 27.7. The fraction of sp³-hybridized carbons (Fsp3) is 0.0811. The molecule has 0 fully saturated rings. The van der Waals surface area contributed by atoms with Gasteiger partial charge >= 0.3 is 0 Å². The molecule has 4 aromatic carbocycles. The molecule has 216 valence electrons. The molecule has 0 radical (unpaired) electrons. The molecule has 1 aliphatic rings. The Labute approximate surface area is 263 Å². The van der Waals surface area contributed by atoms with E-state index >= 15 is 0 Å². The first-order chi connectivity index (χ1) is 21.6.